The van der Waals surface area contributed by atoms with Crippen molar-refractivity contribution >= 4 is 62.3 Å². The summed E-state index contributed by atoms with van der Waals surface area (Å²) >= 11 is 8.36. The predicted octanol–water partition coefficient (Wildman–Crippen LogP) is 6.74. The Morgan fingerprint density at radius 1 is 1.12 bits per heavy atom. The van der Waals surface area contributed by atoms with Gasteiger partial charge in [-0.3, -0.25) is 4.79 Å². The molecule has 170 valence electrons. The Balaban J connectivity index is 1.64. The van der Waals surface area contributed by atoms with Crippen LogP contribution < -0.4 is 10.3 Å². The van der Waals surface area contributed by atoms with Crippen LogP contribution in [0.15, 0.2) is 81.0 Å². The summed E-state index contributed by atoms with van der Waals surface area (Å²) in [4.78, 5) is 18.1. The van der Waals surface area contributed by atoms with Crippen molar-refractivity contribution in [2.45, 2.75) is 20.0 Å². The molecule has 0 amide bonds. The lowest BCUT2D eigenvalue weighted by Gasteiger charge is -2.11. The molecule has 3 aromatic carbocycles. The van der Waals surface area contributed by atoms with Gasteiger partial charge in [0.25, 0.3) is 5.56 Å². The number of furan rings is 1. The van der Waals surface area contributed by atoms with E-state index in [1.54, 1.807) is 42.6 Å². The largest absolute Gasteiger partial charge is 0.490 e. The van der Waals surface area contributed by atoms with Crippen molar-refractivity contribution in [2.24, 2.45) is 5.10 Å². The van der Waals surface area contributed by atoms with Crippen LogP contribution in [0.5, 0.6) is 5.75 Å². The summed E-state index contributed by atoms with van der Waals surface area (Å²) < 4.78 is 14.0. The SMILES string of the molecule is CC(C)Oc1ccc(C=Nn2c(-c3cc4cc(Cl)ccc4o3)nc3ccccc3c2=O)cc1I. The fourth-order valence-electron chi connectivity index (χ4n) is 3.59. The minimum Gasteiger partial charge on any atom is -0.490 e. The Bertz CT molecular complexity index is 1620. The lowest BCUT2D eigenvalue weighted by molar-refractivity contribution is 0.240. The van der Waals surface area contributed by atoms with E-state index in [1.807, 2.05) is 44.2 Å². The third kappa shape index (κ3) is 4.45. The number of hydrogen-bond acceptors (Lipinski definition) is 5. The third-order valence-corrected chi connectivity index (χ3v) is 6.17. The molecule has 2 heterocycles. The zero-order chi connectivity index (χ0) is 23.8. The van der Waals surface area contributed by atoms with Gasteiger partial charge in [-0.15, -0.1) is 0 Å². The number of rotatable bonds is 5. The van der Waals surface area contributed by atoms with E-state index in [2.05, 4.69) is 27.7 Å². The molecule has 0 atom stereocenters. The summed E-state index contributed by atoms with van der Waals surface area (Å²) in [5.74, 6) is 1.54. The molecule has 0 fully saturated rings. The van der Waals surface area contributed by atoms with Crippen LogP contribution in [0.25, 0.3) is 33.5 Å². The Labute approximate surface area is 214 Å². The fraction of sp³-hybridized carbons (Fsp3) is 0.115. The molecule has 0 aliphatic carbocycles. The topological polar surface area (TPSA) is 69.6 Å². The normalized spacial score (nSPS) is 11.8. The van der Waals surface area contributed by atoms with E-state index in [4.69, 9.17) is 25.7 Å². The highest BCUT2D eigenvalue weighted by molar-refractivity contribution is 14.1. The summed E-state index contributed by atoms with van der Waals surface area (Å²) in [6, 6.07) is 20.1. The molecule has 0 bridgehead atoms. The van der Waals surface area contributed by atoms with Crippen molar-refractivity contribution in [3.05, 3.63) is 91.2 Å². The number of nitrogens with zero attached hydrogens (tertiary/aromatic N) is 3. The van der Waals surface area contributed by atoms with E-state index in [0.717, 1.165) is 20.3 Å². The summed E-state index contributed by atoms with van der Waals surface area (Å²) in [5.41, 5.74) is 1.75. The van der Waals surface area contributed by atoms with Crippen molar-refractivity contribution in [1.82, 2.24) is 9.66 Å². The van der Waals surface area contributed by atoms with Gasteiger partial charge in [0.1, 0.15) is 11.3 Å². The molecular weight excluding hydrogens is 565 g/mol. The molecule has 8 heteroatoms. The highest BCUT2D eigenvalue weighted by Gasteiger charge is 2.16. The summed E-state index contributed by atoms with van der Waals surface area (Å²) in [7, 11) is 0. The number of hydrogen-bond donors (Lipinski definition) is 0. The quantitative estimate of drug-likeness (QED) is 0.170. The average molecular weight is 584 g/mol. The van der Waals surface area contributed by atoms with Crippen LogP contribution >= 0.6 is 34.2 Å². The van der Waals surface area contributed by atoms with E-state index in [1.165, 1.54) is 4.68 Å². The molecule has 5 aromatic rings. The average Bonchev–Trinajstić information content (AvgIpc) is 3.23. The Morgan fingerprint density at radius 2 is 1.94 bits per heavy atom. The Hall–Kier alpha value is -3.17. The molecule has 0 radical (unpaired) electrons. The van der Waals surface area contributed by atoms with E-state index >= 15 is 0 Å². The van der Waals surface area contributed by atoms with Crippen molar-refractivity contribution in [1.29, 1.82) is 0 Å². The summed E-state index contributed by atoms with van der Waals surface area (Å²) in [5, 5.41) is 6.39. The molecule has 5 rings (SSSR count). The van der Waals surface area contributed by atoms with Gasteiger partial charge in [-0.1, -0.05) is 23.7 Å². The van der Waals surface area contributed by atoms with E-state index in [0.29, 0.717) is 33.1 Å². The van der Waals surface area contributed by atoms with E-state index in [9.17, 15) is 4.79 Å². The predicted molar refractivity (Wildman–Crippen MR) is 144 cm³/mol. The van der Waals surface area contributed by atoms with Gasteiger partial charge >= 0.3 is 0 Å². The first-order valence-corrected chi connectivity index (χ1v) is 12.1. The second kappa shape index (κ2) is 9.23. The summed E-state index contributed by atoms with van der Waals surface area (Å²) in [6.07, 6.45) is 1.71. The number of para-hydroxylation sites is 1. The maximum atomic E-state index is 13.4. The number of aromatic nitrogens is 2. The number of benzene rings is 3. The molecule has 0 saturated heterocycles. The monoisotopic (exact) mass is 583 g/mol. The lowest BCUT2D eigenvalue weighted by atomic mass is 10.2. The molecule has 6 nitrogen and oxygen atoms in total. The van der Waals surface area contributed by atoms with Gasteiger partial charge in [-0.05, 0) is 96.6 Å². The Kier molecular flexibility index (Phi) is 6.14. The van der Waals surface area contributed by atoms with Crippen LogP contribution in [0.4, 0.5) is 0 Å². The van der Waals surface area contributed by atoms with Gasteiger partial charge in [0.15, 0.2) is 5.76 Å². The van der Waals surface area contributed by atoms with Crippen LogP contribution in [-0.2, 0) is 0 Å². The van der Waals surface area contributed by atoms with Crippen molar-refractivity contribution in [2.75, 3.05) is 0 Å². The van der Waals surface area contributed by atoms with Gasteiger partial charge in [0, 0.05) is 10.4 Å². The maximum Gasteiger partial charge on any atom is 0.282 e. The van der Waals surface area contributed by atoms with Crippen LogP contribution in [0.3, 0.4) is 0 Å². The standard InChI is InChI=1S/C26H19ClIN3O3/c1-15(2)33-23-9-7-16(11-20(23)28)14-29-31-25(30-21-6-4-3-5-19(21)26(31)32)24-13-17-12-18(27)8-10-22(17)34-24/h3-15H,1-2H3. The van der Waals surface area contributed by atoms with Crippen LogP contribution in [0.1, 0.15) is 19.4 Å². The fourth-order valence-corrected chi connectivity index (χ4v) is 4.43. The molecule has 0 unspecified atom stereocenters. The first-order chi connectivity index (χ1) is 16.4. The Morgan fingerprint density at radius 3 is 2.74 bits per heavy atom. The van der Waals surface area contributed by atoms with Crippen molar-refractivity contribution in [3.8, 4) is 17.3 Å². The van der Waals surface area contributed by atoms with Crippen LogP contribution in [0, 0.1) is 3.57 Å². The van der Waals surface area contributed by atoms with Crippen LogP contribution in [-0.4, -0.2) is 22.0 Å². The van der Waals surface area contributed by atoms with Crippen LogP contribution in [0.2, 0.25) is 5.02 Å². The number of fused-ring (bicyclic) bond motifs is 2. The minimum atomic E-state index is -0.287. The molecular formula is C26H19ClIN3O3. The van der Waals surface area contributed by atoms with E-state index < -0.39 is 0 Å². The third-order valence-electron chi connectivity index (χ3n) is 5.09. The highest BCUT2D eigenvalue weighted by atomic mass is 127. The van der Waals surface area contributed by atoms with E-state index in [-0.39, 0.29) is 11.7 Å². The lowest BCUT2D eigenvalue weighted by Crippen LogP contribution is -2.20. The maximum absolute atomic E-state index is 13.4. The first-order valence-electron chi connectivity index (χ1n) is 10.6. The summed E-state index contributed by atoms with van der Waals surface area (Å²) in [6.45, 7) is 3.97. The smallest absolute Gasteiger partial charge is 0.282 e. The number of halogens is 2. The minimum absolute atomic E-state index is 0.0801. The molecule has 0 saturated carbocycles. The molecule has 0 N–H and O–H groups in total. The zero-order valence-corrected chi connectivity index (χ0v) is 21.2. The van der Waals surface area contributed by atoms with Crippen molar-refractivity contribution < 1.29 is 9.15 Å². The van der Waals surface area contributed by atoms with Gasteiger partial charge in [-0.25, -0.2) is 4.98 Å². The molecule has 0 aliphatic rings. The molecule has 2 aromatic heterocycles. The first kappa shape index (κ1) is 22.6. The molecule has 34 heavy (non-hydrogen) atoms. The van der Waals surface area contributed by atoms with Gasteiger partial charge in [0.2, 0.25) is 5.82 Å². The highest BCUT2D eigenvalue weighted by Crippen LogP contribution is 2.29. The second-order valence-corrected chi connectivity index (χ2v) is 9.56. The second-order valence-electron chi connectivity index (χ2n) is 7.96. The number of ether oxygens (including phenoxy) is 1. The van der Waals surface area contributed by atoms with Gasteiger partial charge in [-0.2, -0.15) is 9.78 Å². The molecule has 0 aliphatic heterocycles. The van der Waals surface area contributed by atoms with Gasteiger partial charge < -0.3 is 9.15 Å². The van der Waals surface area contributed by atoms with Crippen molar-refractivity contribution in [3.63, 3.8) is 0 Å². The van der Waals surface area contributed by atoms with Gasteiger partial charge in [0.05, 0.1) is 26.8 Å². The zero-order valence-electron chi connectivity index (χ0n) is 18.3. The molecule has 0 spiro atoms.